The first-order valence-electron chi connectivity index (χ1n) is 6.65. The number of hydrogen-bond donors (Lipinski definition) is 1. The van der Waals surface area contributed by atoms with Gasteiger partial charge in [-0.05, 0) is 23.3 Å². The molecule has 0 radical (unpaired) electrons. The van der Waals surface area contributed by atoms with Gasteiger partial charge in [0.15, 0.2) is 5.17 Å². The van der Waals surface area contributed by atoms with Crippen LogP contribution in [0.1, 0.15) is 16.7 Å². The summed E-state index contributed by atoms with van der Waals surface area (Å²) in [6, 6.07) is 14.4. The highest BCUT2D eigenvalue weighted by molar-refractivity contribution is 8.13. The fraction of sp³-hybridized carbons (Fsp3) is 0.125. The second-order valence-electron chi connectivity index (χ2n) is 4.58. The summed E-state index contributed by atoms with van der Waals surface area (Å²) in [4.78, 5) is 0. The first-order valence-corrected chi connectivity index (χ1v) is 7.64. The van der Waals surface area contributed by atoms with E-state index in [9.17, 15) is 13.2 Å². The average molecular weight is 337 g/mol. The van der Waals surface area contributed by atoms with Crippen LogP contribution >= 0.6 is 11.8 Å². The predicted molar refractivity (Wildman–Crippen MR) is 88.4 cm³/mol. The maximum atomic E-state index is 12.5. The Morgan fingerprint density at radius 1 is 1.04 bits per heavy atom. The lowest BCUT2D eigenvalue weighted by atomic mass is 10.1. The van der Waals surface area contributed by atoms with E-state index in [0.717, 1.165) is 23.3 Å². The topological polar surface area (TPSA) is 50.7 Å². The highest BCUT2D eigenvalue weighted by Gasteiger charge is 2.29. The number of nitrogens with zero attached hydrogens (tertiary/aromatic N) is 2. The Labute approximate surface area is 136 Å². The first kappa shape index (κ1) is 17.1. The Bertz CT molecular complexity index is 680. The molecule has 2 aromatic rings. The summed E-state index contributed by atoms with van der Waals surface area (Å²) in [5.41, 5.74) is 6.67. The molecule has 0 unspecified atom stereocenters. The number of thioether (sulfide) groups is 1. The monoisotopic (exact) mass is 337 g/mol. The van der Waals surface area contributed by atoms with Gasteiger partial charge in [0.05, 0.1) is 11.8 Å². The van der Waals surface area contributed by atoms with Crippen molar-refractivity contribution < 1.29 is 13.2 Å². The van der Waals surface area contributed by atoms with Gasteiger partial charge in [-0.25, -0.2) is 0 Å². The van der Waals surface area contributed by atoms with E-state index in [-0.39, 0.29) is 5.17 Å². The Kier molecular flexibility index (Phi) is 5.81. The smallest absolute Gasteiger partial charge is 0.377 e. The minimum absolute atomic E-state index is 0.247. The van der Waals surface area contributed by atoms with Crippen molar-refractivity contribution in [3.63, 3.8) is 0 Å². The van der Waals surface area contributed by atoms with Gasteiger partial charge < -0.3 is 5.73 Å². The van der Waals surface area contributed by atoms with Crippen molar-refractivity contribution in [2.45, 2.75) is 11.9 Å². The molecule has 2 aromatic carbocycles. The molecule has 120 valence electrons. The Morgan fingerprint density at radius 3 is 2.30 bits per heavy atom. The largest absolute Gasteiger partial charge is 0.416 e. The molecule has 0 aliphatic heterocycles. The molecule has 0 bridgehead atoms. The molecule has 0 spiro atoms. The normalized spacial score (nSPS) is 12.7. The highest BCUT2D eigenvalue weighted by atomic mass is 32.2. The van der Waals surface area contributed by atoms with E-state index in [4.69, 9.17) is 5.73 Å². The fourth-order valence-electron chi connectivity index (χ4n) is 1.67. The van der Waals surface area contributed by atoms with Crippen LogP contribution in [-0.2, 0) is 11.9 Å². The van der Waals surface area contributed by atoms with Gasteiger partial charge in [0.1, 0.15) is 0 Å². The van der Waals surface area contributed by atoms with Crippen LogP contribution in [0.3, 0.4) is 0 Å². The molecular weight excluding hydrogens is 323 g/mol. The summed E-state index contributed by atoms with van der Waals surface area (Å²) in [7, 11) is 0. The third kappa shape index (κ3) is 5.78. The SMILES string of the molecule is N/C(=N\N=C\c1ccccc1)SCc1ccc(C(F)(F)F)cc1. The van der Waals surface area contributed by atoms with Gasteiger partial charge in [0, 0.05) is 5.75 Å². The zero-order chi connectivity index (χ0) is 16.7. The summed E-state index contributed by atoms with van der Waals surface area (Å²) in [6.07, 6.45) is -2.75. The molecule has 23 heavy (non-hydrogen) atoms. The van der Waals surface area contributed by atoms with Crippen molar-refractivity contribution in [2.24, 2.45) is 15.9 Å². The van der Waals surface area contributed by atoms with E-state index in [1.165, 1.54) is 23.9 Å². The van der Waals surface area contributed by atoms with Crippen LogP contribution in [-0.4, -0.2) is 11.4 Å². The lowest BCUT2D eigenvalue weighted by Crippen LogP contribution is -2.07. The summed E-state index contributed by atoms with van der Waals surface area (Å²) in [6.45, 7) is 0. The number of rotatable bonds is 4. The average Bonchev–Trinajstić information content (AvgIpc) is 2.53. The highest BCUT2D eigenvalue weighted by Crippen LogP contribution is 2.29. The standard InChI is InChI=1S/C16H14F3N3S/c17-16(18,19)14-8-6-13(7-9-14)11-23-15(20)22-21-10-12-4-2-1-3-5-12/h1-10H,11H2,(H2,20,22)/b21-10+. The van der Waals surface area contributed by atoms with Crippen LogP contribution < -0.4 is 5.73 Å². The molecule has 2 N–H and O–H groups in total. The molecule has 7 heteroatoms. The third-order valence-corrected chi connectivity index (χ3v) is 3.69. The molecule has 0 aromatic heterocycles. The van der Waals surface area contributed by atoms with Crippen molar-refractivity contribution in [1.29, 1.82) is 0 Å². The Hall–Kier alpha value is -2.28. The van der Waals surface area contributed by atoms with E-state index in [1.807, 2.05) is 30.3 Å². The minimum Gasteiger partial charge on any atom is -0.377 e. The minimum atomic E-state index is -4.32. The quantitative estimate of drug-likeness (QED) is 0.514. The number of hydrogen-bond acceptors (Lipinski definition) is 3. The van der Waals surface area contributed by atoms with Crippen LogP contribution in [0.5, 0.6) is 0 Å². The molecule has 0 heterocycles. The van der Waals surface area contributed by atoms with Crippen LogP contribution in [0.15, 0.2) is 64.8 Å². The summed E-state index contributed by atoms with van der Waals surface area (Å²) >= 11 is 1.21. The van der Waals surface area contributed by atoms with E-state index in [2.05, 4.69) is 10.2 Å². The number of nitrogens with two attached hydrogens (primary N) is 1. The molecule has 0 fully saturated rings. The maximum Gasteiger partial charge on any atom is 0.416 e. The molecule has 0 atom stereocenters. The number of amidine groups is 1. The lowest BCUT2D eigenvalue weighted by molar-refractivity contribution is -0.137. The molecule has 0 saturated heterocycles. The van der Waals surface area contributed by atoms with E-state index in [0.29, 0.717) is 5.75 Å². The van der Waals surface area contributed by atoms with Gasteiger partial charge in [0.25, 0.3) is 0 Å². The number of halogens is 3. The predicted octanol–water partition coefficient (Wildman–Crippen LogP) is 4.29. The summed E-state index contributed by atoms with van der Waals surface area (Å²) < 4.78 is 37.4. The fourth-order valence-corrected chi connectivity index (χ4v) is 2.28. The Morgan fingerprint density at radius 2 is 1.70 bits per heavy atom. The second kappa shape index (κ2) is 7.82. The van der Waals surface area contributed by atoms with E-state index in [1.54, 1.807) is 6.21 Å². The Balaban J connectivity index is 1.87. The number of benzene rings is 2. The van der Waals surface area contributed by atoms with Crippen LogP contribution in [0.4, 0.5) is 13.2 Å². The second-order valence-corrected chi connectivity index (χ2v) is 5.57. The molecule has 3 nitrogen and oxygen atoms in total. The van der Waals surface area contributed by atoms with E-state index < -0.39 is 11.7 Å². The van der Waals surface area contributed by atoms with Crippen LogP contribution in [0, 0.1) is 0 Å². The first-order chi connectivity index (χ1) is 10.9. The summed E-state index contributed by atoms with van der Waals surface area (Å²) in [5, 5.41) is 7.95. The maximum absolute atomic E-state index is 12.5. The van der Waals surface area contributed by atoms with Crippen molar-refractivity contribution in [3.05, 3.63) is 71.3 Å². The zero-order valence-corrected chi connectivity index (χ0v) is 12.8. The molecule has 0 saturated carbocycles. The van der Waals surface area contributed by atoms with Crippen molar-refractivity contribution in [3.8, 4) is 0 Å². The van der Waals surface area contributed by atoms with Crippen molar-refractivity contribution in [2.75, 3.05) is 0 Å². The van der Waals surface area contributed by atoms with Crippen molar-refractivity contribution in [1.82, 2.24) is 0 Å². The van der Waals surface area contributed by atoms with Gasteiger partial charge in [-0.2, -0.15) is 18.3 Å². The van der Waals surface area contributed by atoms with E-state index >= 15 is 0 Å². The number of alkyl halides is 3. The van der Waals surface area contributed by atoms with Crippen molar-refractivity contribution >= 4 is 23.1 Å². The lowest BCUT2D eigenvalue weighted by Gasteiger charge is -2.07. The molecule has 2 rings (SSSR count). The van der Waals surface area contributed by atoms with Gasteiger partial charge >= 0.3 is 6.18 Å². The van der Waals surface area contributed by atoms with Gasteiger partial charge in [-0.1, -0.05) is 54.2 Å². The molecular formula is C16H14F3N3S. The summed E-state index contributed by atoms with van der Waals surface area (Å²) in [5.74, 6) is 0.425. The molecule has 0 aliphatic carbocycles. The zero-order valence-electron chi connectivity index (χ0n) is 12.0. The van der Waals surface area contributed by atoms with Crippen LogP contribution in [0.25, 0.3) is 0 Å². The van der Waals surface area contributed by atoms with Gasteiger partial charge in [-0.15, -0.1) is 5.10 Å². The van der Waals surface area contributed by atoms with Gasteiger partial charge in [-0.3, -0.25) is 0 Å². The molecule has 0 aliphatic rings. The van der Waals surface area contributed by atoms with Crippen LogP contribution in [0.2, 0.25) is 0 Å². The third-order valence-electron chi connectivity index (χ3n) is 2.83. The molecule has 0 amide bonds. The van der Waals surface area contributed by atoms with Gasteiger partial charge in [0.2, 0.25) is 0 Å².